The molecule has 2 aromatic carbocycles. The van der Waals surface area contributed by atoms with E-state index in [4.69, 9.17) is 4.42 Å². The number of nitriles is 1. The van der Waals surface area contributed by atoms with Gasteiger partial charge in [-0.1, -0.05) is 30.3 Å². The lowest BCUT2D eigenvalue weighted by molar-refractivity contribution is 0.574. The van der Waals surface area contributed by atoms with Crippen LogP contribution < -0.4 is 0 Å². The Morgan fingerprint density at radius 2 is 1.69 bits per heavy atom. The average molecular weight is 457 g/mol. The van der Waals surface area contributed by atoms with E-state index in [1.54, 1.807) is 18.7 Å². The highest BCUT2D eigenvalue weighted by atomic mass is 16.3. The molecule has 4 aromatic heterocycles. The molecule has 168 valence electrons. The highest BCUT2D eigenvalue weighted by Crippen LogP contribution is 2.35. The van der Waals surface area contributed by atoms with Gasteiger partial charge in [0.1, 0.15) is 12.0 Å². The van der Waals surface area contributed by atoms with Crippen molar-refractivity contribution in [3.05, 3.63) is 85.1 Å². The van der Waals surface area contributed by atoms with E-state index in [2.05, 4.69) is 37.3 Å². The van der Waals surface area contributed by atoms with E-state index in [0.717, 1.165) is 55.3 Å². The van der Waals surface area contributed by atoms with Crippen molar-refractivity contribution < 1.29 is 4.42 Å². The number of aromatic amines is 1. The third-order valence-corrected chi connectivity index (χ3v) is 6.30. The molecule has 0 radical (unpaired) electrons. The van der Waals surface area contributed by atoms with Gasteiger partial charge in [-0.25, -0.2) is 4.98 Å². The van der Waals surface area contributed by atoms with Crippen LogP contribution in [0.2, 0.25) is 0 Å². The molecule has 0 aliphatic rings. The summed E-state index contributed by atoms with van der Waals surface area (Å²) in [6.07, 6.45) is 8.55. The number of nitrogens with one attached hydrogen (secondary N) is 1. The molecule has 0 saturated heterocycles. The molecule has 7 heteroatoms. The summed E-state index contributed by atoms with van der Waals surface area (Å²) < 4.78 is 5.44. The minimum atomic E-state index is -0.550. The standard InChI is InChI=1S/C28H20N6O/c1-28(2,16-29)21-6-3-17(4-7-21)26-25-22-12-18(5-8-23(22)32-15-24(25)33-34-26)19-11-20(14-30-13-19)27-31-9-10-35-27/h3-15H,1-2H3,(H,33,34). The molecular weight excluding hydrogens is 436 g/mol. The van der Waals surface area contributed by atoms with E-state index in [1.807, 2.05) is 68.7 Å². The topological polar surface area (TPSA) is 104 Å². The van der Waals surface area contributed by atoms with Crippen molar-refractivity contribution in [2.75, 3.05) is 0 Å². The van der Waals surface area contributed by atoms with Gasteiger partial charge < -0.3 is 4.42 Å². The van der Waals surface area contributed by atoms with Crippen LogP contribution in [-0.4, -0.2) is 25.1 Å². The molecule has 0 bridgehead atoms. The van der Waals surface area contributed by atoms with Crippen molar-refractivity contribution in [3.8, 4) is 39.9 Å². The SMILES string of the molecule is CC(C)(C#N)c1ccc(-c2n[nH]c3cnc4ccc(-c5cncc(-c6ncco6)c5)cc4c23)cc1. The largest absolute Gasteiger partial charge is 0.444 e. The molecule has 0 aliphatic heterocycles. The summed E-state index contributed by atoms with van der Waals surface area (Å²) >= 11 is 0. The molecule has 0 unspecified atom stereocenters. The van der Waals surface area contributed by atoms with Crippen LogP contribution in [0.3, 0.4) is 0 Å². The first-order valence-electron chi connectivity index (χ1n) is 11.2. The van der Waals surface area contributed by atoms with Gasteiger partial charge in [0, 0.05) is 34.3 Å². The fourth-order valence-corrected chi connectivity index (χ4v) is 4.28. The van der Waals surface area contributed by atoms with Crippen LogP contribution in [0, 0.1) is 11.3 Å². The molecule has 0 atom stereocenters. The maximum Gasteiger partial charge on any atom is 0.227 e. The van der Waals surface area contributed by atoms with E-state index >= 15 is 0 Å². The van der Waals surface area contributed by atoms with E-state index in [1.165, 1.54) is 0 Å². The Kier molecular flexibility index (Phi) is 4.68. The summed E-state index contributed by atoms with van der Waals surface area (Å²) in [6, 6.07) is 18.6. The zero-order valence-corrected chi connectivity index (χ0v) is 19.1. The van der Waals surface area contributed by atoms with Crippen LogP contribution in [0.25, 0.3) is 55.6 Å². The second-order valence-corrected chi connectivity index (χ2v) is 8.96. The van der Waals surface area contributed by atoms with Gasteiger partial charge >= 0.3 is 0 Å². The van der Waals surface area contributed by atoms with Gasteiger partial charge in [-0.15, -0.1) is 0 Å². The molecule has 1 N–H and O–H groups in total. The van der Waals surface area contributed by atoms with Crippen LogP contribution in [-0.2, 0) is 5.41 Å². The van der Waals surface area contributed by atoms with Crippen molar-refractivity contribution in [2.45, 2.75) is 19.3 Å². The predicted molar refractivity (Wildman–Crippen MR) is 134 cm³/mol. The van der Waals surface area contributed by atoms with Crippen LogP contribution in [0.4, 0.5) is 0 Å². The number of rotatable bonds is 4. The van der Waals surface area contributed by atoms with Gasteiger partial charge in [-0.2, -0.15) is 10.4 Å². The molecule has 0 aliphatic carbocycles. The van der Waals surface area contributed by atoms with E-state index in [9.17, 15) is 5.26 Å². The van der Waals surface area contributed by atoms with E-state index in [0.29, 0.717) is 5.89 Å². The molecule has 0 amide bonds. The predicted octanol–water partition coefficient (Wildman–Crippen LogP) is 6.30. The number of aromatic nitrogens is 5. The zero-order chi connectivity index (χ0) is 24.0. The molecular formula is C28H20N6O. The highest BCUT2D eigenvalue weighted by Gasteiger charge is 2.20. The lowest BCUT2D eigenvalue weighted by Gasteiger charge is -2.15. The average Bonchev–Trinajstić information content (AvgIpc) is 3.59. The van der Waals surface area contributed by atoms with Crippen molar-refractivity contribution in [3.63, 3.8) is 0 Å². The van der Waals surface area contributed by atoms with Crippen molar-refractivity contribution >= 4 is 21.8 Å². The number of H-pyrrole nitrogens is 1. The summed E-state index contributed by atoms with van der Waals surface area (Å²) in [4.78, 5) is 13.2. The summed E-state index contributed by atoms with van der Waals surface area (Å²) in [5, 5.41) is 19.2. The number of benzene rings is 2. The molecule has 7 nitrogen and oxygen atoms in total. The number of oxazole rings is 1. The Morgan fingerprint density at radius 1 is 0.886 bits per heavy atom. The number of pyridine rings is 2. The van der Waals surface area contributed by atoms with Crippen molar-refractivity contribution in [1.29, 1.82) is 5.26 Å². The van der Waals surface area contributed by atoms with E-state index < -0.39 is 5.41 Å². The Balaban J connectivity index is 1.49. The summed E-state index contributed by atoms with van der Waals surface area (Å²) in [5.74, 6) is 0.532. The molecule has 6 aromatic rings. The Bertz CT molecular complexity index is 1720. The monoisotopic (exact) mass is 456 g/mol. The highest BCUT2D eigenvalue weighted by molar-refractivity contribution is 6.11. The minimum Gasteiger partial charge on any atom is -0.444 e. The molecule has 0 saturated carbocycles. The summed E-state index contributed by atoms with van der Waals surface area (Å²) in [6.45, 7) is 3.83. The quantitative estimate of drug-likeness (QED) is 0.334. The van der Waals surface area contributed by atoms with Crippen LogP contribution in [0.15, 0.2) is 84.0 Å². The number of nitrogens with zero attached hydrogens (tertiary/aromatic N) is 5. The van der Waals surface area contributed by atoms with E-state index in [-0.39, 0.29) is 0 Å². The lowest BCUT2D eigenvalue weighted by atomic mass is 9.86. The first-order valence-corrected chi connectivity index (χ1v) is 11.2. The Hall–Kier alpha value is -4.83. The maximum absolute atomic E-state index is 9.46. The van der Waals surface area contributed by atoms with Crippen LogP contribution in [0.5, 0.6) is 0 Å². The Morgan fingerprint density at radius 3 is 2.46 bits per heavy atom. The maximum atomic E-state index is 9.46. The Labute approximate surface area is 201 Å². The first kappa shape index (κ1) is 20.8. The van der Waals surface area contributed by atoms with Gasteiger partial charge in [0.25, 0.3) is 0 Å². The summed E-state index contributed by atoms with van der Waals surface area (Å²) in [7, 11) is 0. The normalized spacial score (nSPS) is 11.7. The second-order valence-electron chi connectivity index (χ2n) is 8.96. The fraction of sp³-hybridized carbons (Fsp3) is 0.107. The van der Waals surface area contributed by atoms with Crippen molar-refractivity contribution in [1.82, 2.24) is 25.1 Å². The molecule has 0 spiro atoms. The van der Waals surface area contributed by atoms with Crippen LogP contribution in [0.1, 0.15) is 19.4 Å². The number of hydrogen-bond donors (Lipinski definition) is 1. The third-order valence-electron chi connectivity index (χ3n) is 6.30. The molecule has 35 heavy (non-hydrogen) atoms. The van der Waals surface area contributed by atoms with Crippen LogP contribution >= 0.6 is 0 Å². The van der Waals surface area contributed by atoms with Gasteiger partial charge in [0.2, 0.25) is 5.89 Å². The first-order chi connectivity index (χ1) is 17.0. The fourth-order valence-electron chi connectivity index (χ4n) is 4.28. The lowest BCUT2D eigenvalue weighted by Crippen LogP contribution is -2.13. The zero-order valence-electron chi connectivity index (χ0n) is 19.1. The van der Waals surface area contributed by atoms with Gasteiger partial charge in [-0.05, 0) is 43.2 Å². The third kappa shape index (κ3) is 3.52. The molecule has 4 heterocycles. The van der Waals surface area contributed by atoms with Gasteiger partial charge in [-0.3, -0.25) is 15.1 Å². The van der Waals surface area contributed by atoms with Gasteiger partial charge in [0.15, 0.2) is 0 Å². The molecule has 0 fully saturated rings. The van der Waals surface area contributed by atoms with Crippen molar-refractivity contribution in [2.24, 2.45) is 0 Å². The molecule has 6 rings (SSSR count). The second kappa shape index (κ2) is 7.89. The number of hydrogen-bond acceptors (Lipinski definition) is 6. The minimum absolute atomic E-state index is 0.532. The number of fused-ring (bicyclic) bond motifs is 3. The summed E-state index contributed by atoms with van der Waals surface area (Å²) in [5.41, 5.74) is 6.74. The van der Waals surface area contributed by atoms with Gasteiger partial charge in [0.05, 0.1) is 40.5 Å². The smallest absolute Gasteiger partial charge is 0.227 e.